The first-order valence-electron chi connectivity index (χ1n) is 7.56. The molecule has 0 aliphatic rings. The molecule has 1 amide bonds. The van der Waals surface area contributed by atoms with Crippen LogP contribution < -0.4 is 10.1 Å². The Labute approximate surface area is 135 Å². The van der Waals surface area contributed by atoms with Gasteiger partial charge in [0.2, 0.25) is 11.8 Å². The molecule has 5 heteroatoms. The molecule has 0 spiro atoms. The molecule has 2 rings (SSSR count). The lowest BCUT2D eigenvalue weighted by molar-refractivity contribution is -0.116. The van der Waals surface area contributed by atoms with E-state index in [4.69, 9.17) is 14.4 Å². The first kappa shape index (κ1) is 16.6. The number of rotatable bonds is 6. The molecule has 0 fully saturated rings. The Morgan fingerprint density at radius 2 is 2.00 bits per heavy atom. The molecule has 0 aliphatic carbocycles. The van der Waals surface area contributed by atoms with Crippen LogP contribution in [-0.2, 0) is 11.2 Å². The highest BCUT2D eigenvalue weighted by atomic mass is 16.5. The lowest BCUT2D eigenvalue weighted by Crippen LogP contribution is -2.15. The largest absolute Gasteiger partial charge is 0.493 e. The average molecular weight is 312 g/mol. The number of carbonyl (C=O) groups excluding carboxylic acids is 1. The predicted octanol–water partition coefficient (Wildman–Crippen LogP) is 3.74. The Morgan fingerprint density at radius 3 is 2.61 bits per heavy atom. The SMILES string of the molecule is CCc1ccc(OCCC(=O)Nc2oc(C)c(C)c2C#N)cc1. The zero-order valence-electron chi connectivity index (χ0n) is 13.6. The molecule has 120 valence electrons. The van der Waals surface area contributed by atoms with E-state index in [0.29, 0.717) is 11.3 Å². The highest BCUT2D eigenvalue weighted by Gasteiger charge is 2.16. The van der Waals surface area contributed by atoms with Crippen LogP contribution in [0.4, 0.5) is 5.88 Å². The summed E-state index contributed by atoms with van der Waals surface area (Å²) in [6, 6.07) is 9.83. The van der Waals surface area contributed by atoms with Gasteiger partial charge in [-0.2, -0.15) is 5.26 Å². The van der Waals surface area contributed by atoms with Crippen LogP contribution in [0.2, 0.25) is 0 Å². The van der Waals surface area contributed by atoms with Crippen molar-refractivity contribution in [3.8, 4) is 11.8 Å². The maximum Gasteiger partial charge on any atom is 0.230 e. The molecule has 1 aromatic carbocycles. The molecule has 1 heterocycles. The maximum absolute atomic E-state index is 11.9. The second kappa shape index (κ2) is 7.50. The van der Waals surface area contributed by atoms with Gasteiger partial charge in [0.1, 0.15) is 23.1 Å². The van der Waals surface area contributed by atoms with Crippen molar-refractivity contribution in [3.05, 3.63) is 46.7 Å². The van der Waals surface area contributed by atoms with Crippen LogP contribution >= 0.6 is 0 Å². The van der Waals surface area contributed by atoms with E-state index in [1.807, 2.05) is 30.3 Å². The van der Waals surface area contributed by atoms with E-state index < -0.39 is 0 Å². The van der Waals surface area contributed by atoms with E-state index in [-0.39, 0.29) is 24.8 Å². The number of hydrogen-bond donors (Lipinski definition) is 1. The molecule has 23 heavy (non-hydrogen) atoms. The number of amides is 1. The van der Waals surface area contributed by atoms with Gasteiger partial charge in [-0.25, -0.2) is 0 Å². The fourth-order valence-electron chi connectivity index (χ4n) is 2.12. The van der Waals surface area contributed by atoms with Crippen molar-refractivity contribution >= 4 is 11.8 Å². The molecular weight excluding hydrogens is 292 g/mol. The van der Waals surface area contributed by atoms with Crippen molar-refractivity contribution in [2.75, 3.05) is 11.9 Å². The monoisotopic (exact) mass is 312 g/mol. The van der Waals surface area contributed by atoms with Crippen molar-refractivity contribution in [2.45, 2.75) is 33.6 Å². The van der Waals surface area contributed by atoms with Gasteiger partial charge in [0, 0.05) is 5.56 Å². The summed E-state index contributed by atoms with van der Waals surface area (Å²) in [5, 5.41) is 11.7. The third-order valence-corrected chi connectivity index (χ3v) is 3.68. The van der Waals surface area contributed by atoms with Gasteiger partial charge < -0.3 is 9.15 Å². The van der Waals surface area contributed by atoms with E-state index in [1.54, 1.807) is 13.8 Å². The van der Waals surface area contributed by atoms with Crippen LogP contribution in [0.25, 0.3) is 0 Å². The summed E-state index contributed by atoms with van der Waals surface area (Å²) in [6.07, 6.45) is 1.16. The van der Waals surface area contributed by atoms with Crippen LogP contribution in [0, 0.1) is 25.2 Å². The number of anilines is 1. The van der Waals surface area contributed by atoms with Crippen LogP contribution in [0.3, 0.4) is 0 Å². The van der Waals surface area contributed by atoms with E-state index in [2.05, 4.69) is 12.2 Å². The molecule has 5 nitrogen and oxygen atoms in total. The van der Waals surface area contributed by atoms with Gasteiger partial charge in [-0.3, -0.25) is 10.1 Å². The lowest BCUT2D eigenvalue weighted by atomic mass is 10.2. The van der Waals surface area contributed by atoms with Crippen LogP contribution in [0.15, 0.2) is 28.7 Å². The third kappa shape index (κ3) is 4.13. The predicted molar refractivity (Wildman–Crippen MR) is 87.5 cm³/mol. The number of nitrogens with zero attached hydrogens (tertiary/aromatic N) is 1. The Kier molecular flexibility index (Phi) is 5.42. The normalized spacial score (nSPS) is 10.2. The number of aryl methyl sites for hydroxylation is 2. The fraction of sp³-hybridized carbons (Fsp3) is 0.333. The van der Waals surface area contributed by atoms with E-state index in [1.165, 1.54) is 5.56 Å². The number of carbonyl (C=O) groups is 1. The summed E-state index contributed by atoms with van der Waals surface area (Å²) in [5.41, 5.74) is 2.35. The minimum atomic E-state index is -0.250. The minimum Gasteiger partial charge on any atom is -0.493 e. The van der Waals surface area contributed by atoms with Gasteiger partial charge in [0.15, 0.2) is 0 Å². The molecule has 0 bridgehead atoms. The van der Waals surface area contributed by atoms with Crippen molar-refractivity contribution in [1.29, 1.82) is 5.26 Å². The highest BCUT2D eigenvalue weighted by molar-refractivity contribution is 5.91. The van der Waals surface area contributed by atoms with Gasteiger partial charge in [0.25, 0.3) is 0 Å². The molecule has 0 atom stereocenters. The van der Waals surface area contributed by atoms with Crippen molar-refractivity contribution in [3.63, 3.8) is 0 Å². The third-order valence-electron chi connectivity index (χ3n) is 3.68. The first-order valence-corrected chi connectivity index (χ1v) is 7.56. The van der Waals surface area contributed by atoms with Crippen LogP contribution in [0.5, 0.6) is 5.75 Å². The highest BCUT2D eigenvalue weighted by Crippen LogP contribution is 2.25. The quantitative estimate of drug-likeness (QED) is 0.881. The Balaban J connectivity index is 1.86. The molecule has 0 radical (unpaired) electrons. The molecule has 0 saturated carbocycles. The summed E-state index contributed by atoms with van der Waals surface area (Å²) < 4.78 is 10.9. The second-order valence-corrected chi connectivity index (χ2v) is 5.24. The Morgan fingerprint density at radius 1 is 1.30 bits per heavy atom. The van der Waals surface area contributed by atoms with E-state index in [9.17, 15) is 4.79 Å². The molecular formula is C18H20N2O3. The molecule has 1 N–H and O–H groups in total. The van der Waals surface area contributed by atoms with Crippen LogP contribution in [-0.4, -0.2) is 12.5 Å². The molecule has 1 aromatic heterocycles. The van der Waals surface area contributed by atoms with Gasteiger partial charge in [-0.1, -0.05) is 19.1 Å². The van der Waals surface area contributed by atoms with Crippen molar-refractivity contribution in [1.82, 2.24) is 0 Å². The number of nitriles is 1. The topological polar surface area (TPSA) is 75.3 Å². The number of ether oxygens (including phenoxy) is 1. The molecule has 0 saturated heterocycles. The Bertz CT molecular complexity index is 724. The summed E-state index contributed by atoms with van der Waals surface area (Å²) >= 11 is 0. The fourth-order valence-corrected chi connectivity index (χ4v) is 2.12. The standard InChI is InChI=1S/C18H20N2O3/c1-4-14-5-7-15(8-6-14)22-10-9-17(21)20-18-16(11-19)12(2)13(3)23-18/h5-8H,4,9-10H2,1-3H3,(H,20,21). The maximum atomic E-state index is 11.9. The average Bonchev–Trinajstić information content (AvgIpc) is 2.81. The number of furan rings is 1. The van der Waals surface area contributed by atoms with Gasteiger partial charge >= 0.3 is 0 Å². The zero-order valence-corrected chi connectivity index (χ0v) is 13.6. The van der Waals surface area contributed by atoms with Crippen LogP contribution in [0.1, 0.15) is 35.8 Å². The zero-order chi connectivity index (χ0) is 16.8. The van der Waals surface area contributed by atoms with E-state index >= 15 is 0 Å². The van der Waals surface area contributed by atoms with Gasteiger partial charge in [-0.05, 0) is 38.0 Å². The minimum absolute atomic E-state index is 0.180. The lowest BCUT2D eigenvalue weighted by Gasteiger charge is -2.07. The summed E-state index contributed by atoms with van der Waals surface area (Å²) in [4.78, 5) is 11.9. The summed E-state index contributed by atoms with van der Waals surface area (Å²) in [5.74, 6) is 1.32. The smallest absolute Gasteiger partial charge is 0.230 e. The van der Waals surface area contributed by atoms with Crippen molar-refractivity contribution in [2.24, 2.45) is 0 Å². The first-order chi connectivity index (χ1) is 11.0. The van der Waals surface area contributed by atoms with Crippen molar-refractivity contribution < 1.29 is 13.9 Å². The number of hydrogen-bond acceptors (Lipinski definition) is 4. The molecule has 2 aromatic rings. The second-order valence-electron chi connectivity index (χ2n) is 5.24. The summed E-state index contributed by atoms with van der Waals surface area (Å²) in [6.45, 7) is 5.90. The summed E-state index contributed by atoms with van der Waals surface area (Å²) in [7, 11) is 0. The molecule has 0 unspecified atom stereocenters. The molecule has 0 aliphatic heterocycles. The van der Waals surface area contributed by atoms with Gasteiger partial charge in [-0.15, -0.1) is 0 Å². The van der Waals surface area contributed by atoms with E-state index in [0.717, 1.165) is 17.7 Å². The van der Waals surface area contributed by atoms with Gasteiger partial charge in [0.05, 0.1) is 13.0 Å². The Hall–Kier alpha value is -2.74. The number of benzene rings is 1. The number of nitrogens with one attached hydrogen (secondary N) is 1.